The van der Waals surface area contributed by atoms with E-state index in [-0.39, 0.29) is 21.9 Å². The maximum atomic E-state index is 12.7. The monoisotopic (exact) mass is 415 g/mol. The maximum Gasteiger partial charge on any atom is 0.261 e. The van der Waals surface area contributed by atoms with Gasteiger partial charge in [-0.1, -0.05) is 42.5 Å². The molecule has 1 N–H and O–H groups in total. The molecule has 148 valence electrons. The first kappa shape index (κ1) is 19.4. The summed E-state index contributed by atoms with van der Waals surface area (Å²) in [4.78, 5) is 4.40. The molecule has 0 atom stereocenters. The average molecular weight is 415 g/mol. The Balaban J connectivity index is 1.86. The second-order valence-electron chi connectivity index (χ2n) is 6.51. The summed E-state index contributed by atoms with van der Waals surface area (Å²) in [5.41, 5.74) is 1.69. The Bertz CT molecular complexity index is 1370. The molecule has 3 aromatic carbocycles. The summed E-state index contributed by atoms with van der Waals surface area (Å²) in [7, 11) is -2.40. The second-order valence-corrected chi connectivity index (χ2v) is 8.19. The number of methoxy groups -OCH3 is 1. The van der Waals surface area contributed by atoms with Crippen LogP contribution < -0.4 is 9.46 Å². The summed E-state index contributed by atoms with van der Waals surface area (Å²) in [6.07, 6.45) is 3.47. The van der Waals surface area contributed by atoms with Gasteiger partial charge in [-0.15, -0.1) is 0 Å². The Morgan fingerprint density at radius 3 is 2.40 bits per heavy atom. The quantitative estimate of drug-likeness (QED) is 0.515. The van der Waals surface area contributed by atoms with Crippen molar-refractivity contribution in [2.45, 2.75) is 4.90 Å². The largest absolute Gasteiger partial charge is 0.495 e. The van der Waals surface area contributed by atoms with Crippen molar-refractivity contribution in [1.82, 2.24) is 4.98 Å². The van der Waals surface area contributed by atoms with E-state index in [0.29, 0.717) is 5.56 Å². The number of nitriles is 1. The molecule has 30 heavy (non-hydrogen) atoms. The van der Waals surface area contributed by atoms with Crippen LogP contribution in [-0.2, 0) is 10.0 Å². The molecule has 0 spiro atoms. The minimum absolute atomic E-state index is 0.0995. The Kier molecular flexibility index (Phi) is 5.09. The number of pyridine rings is 1. The van der Waals surface area contributed by atoms with Crippen molar-refractivity contribution in [1.29, 1.82) is 5.26 Å². The Labute approximate surface area is 174 Å². The predicted octanol–water partition coefficient (Wildman–Crippen LogP) is 4.58. The normalized spacial score (nSPS) is 11.1. The Morgan fingerprint density at radius 2 is 1.67 bits per heavy atom. The van der Waals surface area contributed by atoms with E-state index >= 15 is 0 Å². The number of nitrogens with one attached hydrogen (secondary N) is 1. The zero-order chi connectivity index (χ0) is 21.1. The number of hydrogen-bond donors (Lipinski definition) is 1. The molecule has 0 aliphatic rings. The molecule has 0 saturated heterocycles. The maximum absolute atomic E-state index is 12.7. The lowest BCUT2D eigenvalue weighted by atomic mass is 9.97. The Morgan fingerprint density at radius 1 is 0.933 bits per heavy atom. The van der Waals surface area contributed by atoms with Gasteiger partial charge >= 0.3 is 0 Å². The topological polar surface area (TPSA) is 92.1 Å². The number of ether oxygens (including phenoxy) is 1. The minimum Gasteiger partial charge on any atom is -0.495 e. The second kappa shape index (κ2) is 7.85. The molecule has 7 heteroatoms. The first-order chi connectivity index (χ1) is 14.5. The van der Waals surface area contributed by atoms with Gasteiger partial charge in [-0.25, -0.2) is 8.42 Å². The van der Waals surface area contributed by atoms with Crippen LogP contribution >= 0.6 is 0 Å². The van der Waals surface area contributed by atoms with Crippen molar-refractivity contribution >= 4 is 26.5 Å². The fraction of sp³-hybridized carbons (Fsp3) is 0.0435. The molecular weight excluding hydrogens is 398 g/mol. The lowest BCUT2D eigenvalue weighted by Crippen LogP contribution is -2.14. The standard InChI is InChI=1S/C23H17N3O3S/c1-29-23-19(21-15-25-14-16-7-5-6-10-18(16)21)11-12-22(20(23)13-24)26-30(27,28)17-8-3-2-4-9-17/h2-12,14-15,26H,1H3. The van der Waals surface area contributed by atoms with Crippen molar-refractivity contribution < 1.29 is 13.2 Å². The molecule has 4 aromatic rings. The van der Waals surface area contributed by atoms with E-state index in [4.69, 9.17) is 4.74 Å². The summed E-state index contributed by atoms with van der Waals surface area (Å²) in [5, 5.41) is 11.7. The summed E-state index contributed by atoms with van der Waals surface area (Å²) in [6, 6.07) is 21.1. The molecule has 0 fully saturated rings. The van der Waals surface area contributed by atoms with Crippen molar-refractivity contribution in [2.75, 3.05) is 11.8 Å². The van der Waals surface area contributed by atoms with Crippen molar-refractivity contribution in [3.63, 3.8) is 0 Å². The van der Waals surface area contributed by atoms with E-state index in [1.165, 1.54) is 19.2 Å². The SMILES string of the molecule is COc1c(-c2cncc3ccccc23)ccc(NS(=O)(=O)c2ccccc2)c1C#N. The summed E-state index contributed by atoms with van der Waals surface area (Å²) in [5.74, 6) is 0.281. The van der Waals surface area contributed by atoms with E-state index in [9.17, 15) is 13.7 Å². The van der Waals surface area contributed by atoms with Crippen LogP contribution in [0.1, 0.15) is 5.56 Å². The fourth-order valence-corrected chi connectivity index (χ4v) is 4.43. The molecule has 0 amide bonds. The predicted molar refractivity (Wildman–Crippen MR) is 116 cm³/mol. The molecule has 0 bridgehead atoms. The molecule has 0 aliphatic heterocycles. The molecule has 0 aliphatic carbocycles. The first-order valence-corrected chi connectivity index (χ1v) is 10.6. The van der Waals surface area contributed by atoms with Gasteiger partial charge in [0.2, 0.25) is 0 Å². The van der Waals surface area contributed by atoms with Gasteiger partial charge in [0.1, 0.15) is 17.4 Å². The third-order valence-corrected chi connectivity index (χ3v) is 6.11. The number of hydrogen-bond acceptors (Lipinski definition) is 5. The van der Waals surface area contributed by atoms with Crippen LogP contribution in [0.15, 0.2) is 84.0 Å². The van der Waals surface area contributed by atoms with E-state index in [0.717, 1.165) is 16.3 Å². The molecule has 6 nitrogen and oxygen atoms in total. The number of nitrogens with zero attached hydrogens (tertiary/aromatic N) is 2. The number of sulfonamides is 1. The number of fused-ring (bicyclic) bond motifs is 1. The van der Waals surface area contributed by atoms with Crippen LogP contribution in [0.4, 0.5) is 5.69 Å². The average Bonchev–Trinajstić information content (AvgIpc) is 2.78. The highest BCUT2D eigenvalue weighted by molar-refractivity contribution is 7.92. The van der Waals surface area contributed by atoms with Crippen LogP contribution in [0.2, 0.25) is 0 Å². The van der Waals surface area contributed by atoms with E-state index < -0.39 is 10.0 Å². The highest BCUT2D eigenvalue weighted by Crippen LogP contribution is 2.40. The van der Waals surface area contributed by atoms with Gasteiger partial charge < -0.3 is 4.74 Å². The highest BCUT2D eigenvalue weighted by atomic mass is 32.2. The number of benzene rings is 3. The highest BCUT2D eigenvalue weighted by Gasteiger charge is 2.21. The molecule has 1 heterocycles. The zero-order valence-electron chi connectivity index (χ0n) is 16.0. The van der Waals surface area contributed by atoms with Gasteiger partial charge in [-0.05, 0) is 29.7 Å². The minimum atomic E-state index is -3.85. The van der Waals surface area contributed by atoms with Gasteiger partial charge in [0, 0.05) is 28.9 Å². The number of rotatable bonds is 5. The number of anilines is 1. The van der Waals surface area contributed by atoms with Crippen LogP contribution in [0.5, 0.6) is 5.75 Å². The smallest absolute Gasteiger partial charge is 0.261 e. The van der Waals surface area contributed by atoms with Crippen LogP contribution in [-0.4, -0.2) is 20.5 Å². The molecule has 0 radical (unpaired) electrons. The zero-order valence-corrected chi connectivity index (χ0v) is 16.8. The van der Waals surface area contributed by atoms with Crippen molar-refractivity contribution in [2.24, 2.45) is 0 Å². The van der Waals surface area contributed by atoms with Crippen molar-refractivity contribution in [3.8, 4) is 22.9 Å². The van der Waals surface area contributed by atoms with Gasteiger partial charge in [0.05, 0.1) is 17.7 Å². The van der Waals surface area contributed by atoms with Gasteiger partial charge in [0.25, 0.3) is 10.0 Å². The van der Waals surface area contributed by atoms with Gasteiger partial charge in [-0.2, -0.15) is 5.26 Å². The van der Waals surface area contributed by atoms with Gasteiger partial charge in [-0.3, -0.25) is 9.71 Å². The molecule has 0 saturated carbocycles. The van der Waals surface area contributed by atoms with E-state index in [2.05, 4.69) is 15.8 Å². The van der Waals surface area contributed by atoms with Crippen LogP contribution in [0, 0.1) is 11.3 Å². The molecular formula is C23H17N3O3S. The van der Waals surface area contributed by atoms with Crippen LogP contribution in [0.25, 0.3) is 21.9 Å². The fourth-order valence-electron chi connectivity index (χ4n) is 3.34. The van der Waals surface area contributed by atoms with E-state index in [1.54, 1.807) is 42.7 Å². The lowest BCUT2D eigenvalue weighted by Gasteiger charge is -2.16. The summed E-state index contributed by atoms with van der Waals surface area (Å²) in [6.45, 7) is 0. The molecule has 4 rings (SSSR count). The third-order valence-electron chi connectivity index (χ3n) is 4.73. The lowest BCUT2D eigenvalue weighted by molar-refractivity contribution is 0.415. The van der Waals surface area contributed by atoms with Crippen LogP contribution in [0.3, 0.4) is 0 Å². The molecule has 0 unspecified atom stereocenters. The summed E-state index contributed by atoms with van der Waals surface area (Å²) < 4.78 is 33.5. The Hall–Kier alpha value is -3.89. The third kappa shape index (κ3) is 3.45. The first-order valence-electron chi connectivity index (χ1n) is 9.07. The number of aromatic nitrogens is 1. The molecule has 1 aromatic heterocycles. The van der Waals surface area contributed by atoms with Gasteiger partial charge in [0.15, 0.2) is 0 Å². The summed E-state index contributed by atoms with van der Waals surface area (Å²) >= 11 is 0. The van der Waals surface area contributed by atoms with Crippen molar-refractivity contribution in [3.05, 3.63) is 84.7 Å². The van der Waals surface area contributed by atoms with E-state index in [1.807, 2.05) is 24.3 Å².